The van der Waals surface area contributed by atoms with Gasteiger partial charge in [0, 0.05) is 57.1 Å². The van der Waals surface area contributed by atoms with Crippen LogP contribution in [-0.4, -0.2) is 92.9 Å². The number of anilines is 2. The van der Waals surface area contributed by atoms with E-state index < -0.39 is 10.0 Å². The Morgan fingerprint density at radius 3 is 2.30 bits per heavy atom. The number of morpholine rings is 1. The van der Waals surface area contributed by atoms with Gasteiger partial charge in [-0.05, 0) is 31.2 Å². The molecule has 0 amide bonds. The van der Waals surface area contributed by atoms with Crippen molar-refractivity contribution < 1.29 is 17.9 Å². The summed E-state index contributed by atoms with van der Waals surface area (Å²) >= 11 is 0. The molecule has 2 saturated heterocycles. The zero-order valence-electron chi connectivity index (χ0n) is 19.2. The molecule has 1 aromatic heterocycles. The summed E-state index contributed by atoms with van der Waals surface area (Å²) in [7, 11) is -3.18. The van der Waals surface area contributed by atoms with E-state index in [1.165, 1.54) is 10.6 Å². The molecular formula is C22H32N6O4S. The number of nitrogen functional groups attached to an aromatic ring is 1. The van der Waals surface area contributed by atoms with E-state index >= 15 is 0 Å². The molecule has 11 heteroatoms. The van der Waals surface area contributed by atoms with Gasteiger partial charge in [-0.3, -0.25) is 4.90 Å². The molecule has 33 heavy (non-hydrogen) atoms. The lowest BCUT2D eigenvalue weighted by atomic mass is 10.1. The Labute approximate surface area is 195 Å². The van der Waals surface area contributed by atoms with Crippen molar-refractivity contribution in [2.75, 3.05) is 76.0 Å². The van der Waals surface area contributed by atoms with Crippen molar-refractivity contribution in [2.45, 2.75) is 13.5 Å². The average Bonchev–Trinajstić information content (AvgIpc) is 2.81. The molecule has 0 unspecified atom stereocenters. The largest absolute Gasteiger partial charge is 0.488 e. The van der Waals surface area contributed by atoms with E-state index in [2.05, 4.69) is 9.80 Å². The van der Waals surface area contributed by atoms with Crippen molar-refractivity contribution in [3.63, 3.8) is 0 Å². The first-order valence-corrected chi connectivity index (χ1v) is 13.1. The molecule has 2 N–H and O–H groups in total. The number of nitrogens with two attached hydrogens (primary N) is 1. The van der Waals surface area contributed by atoms with Crippen LogP contribution in [0.4, 0.5) is 11.5 Å². The molecular weight excluding hydrogens is 444 g/mol. The van der Waals surface area contributed by atoms with Crippen LogP contribution in [-0.2, 0) is 21.3 Å². The van der Waals surface area contributed by atoms with Crippen molar-refractivity contribution in [1.82, 2.24) is 19.2 Å². The number of hydrogen-bond acceptors (Lipinski definition) is 9. The maximum absolute atomic E-state index is 11.9. The third kappa shape index (κ3) is 5.72. The van der Waals surface area contributed by atoms with Crippen LogP contribution in [0.15, 0.2) is 24.3 Å². The maximum Gasteiger partial charge on any atom is 0.211 e. The molecule has 10 nitrogen and oxygen atoms in total. The van der Waals surface area contributed by atoms with E-state index in [-0.39, 0.29) is 0 Å². The first-order chi connectivity index (χ1) is 15.8. The van der Waals surface area contributed by atoms with Crippen LogP contribution in [0.25, 0.3) is 11.4 Å². The van der Waals surface area contributed by atoms with Gasteiger partial charge in [-0.15, -0.1) is 0 Å². The van der Waals surface area contributed by atoms with Crippen molar-refractivity contribution in [2.24, 2.45) is 0 Å². The lowest BCUT2D eigenvalue weighted by molar-refractivity contribution is 0.122. The lowest BCUT2D eigenvalue weighted by Gasteiger charge is -2.34. The average molecular weight is 477 g/mol. The number of ether oxygens (including phenoxy) is 2. The number of nitrogens with zero attached hydrogens (tertiary/aromatic N) is 5. The summed E-state index contributed by atoms with van der Waals surface area (Å²) in [6.07, 6.45) is 1.26. The van der Waals surface area contributed by atoms with Crippen molar-refractivity contribution in [1.29, 1.82) is 0 Å². The number of hydrogen-bond donors (Lipinski definition) is 1. The third-order valence-corrected chi connectivity index (χ3v) is 7.16. The number of piperazine rings is 1. The highest BCUT2D eigenvalue weighted by atomic mass is 32.2. The normalized spacial score (nSPS) is 18.4. The highest BCUT2D eigenvalue weighted by molar-refractivity contribution is 7.88. The predicted molar refractivity (Wildman–Crippen MR) is 128 cm³/mol. The number of sulfonamides is 1. The van der Waals surface area contributed by atoms with Gasteiger partial charge in [0.2, 0.25) is 10.0 Å². The summed E-state index contributed by atoms with van der Waals surface area (Å²) in [5.41, 5.74) is 8.24. The van der Waals surface area contributed by atoms with Gasteiger partial charge in [0.25, 0.3) is 0 Å². The summed E-state index contributed by atoms with van der Waals surface area (Å²) in [5.74, 6) is 2.07. The van der Waals surface area contributed by atoms with E-state index in [1.54, 1.807) is 0 Å². The van der Waals surface area contributed by atoms with Crippen LogP contribution in [0, 0.1) is 0 Å². The standard InChI is InChI=1S/C22H32N6O4S/c1-3-32-20-19(16-26-8-10-28(11-9-26)33(2,29)30)24-21(17-4-6-18(23)7-5-17)25-22(20)27-12-14-31-15-13-27/h4-7H,3,8-16,23H2,1-2H3. The van der Waals surface area contributed by atoms with E-state index in [1.807, 2.05) is 31.2 Å². The number of aromatic nitrogens is 2. The molecule has 0 radical (unpaired) electrons. The van der Waals surface area contributed by atoms with Gasteiger partial charge in [0.05, 0.1) is 26.1 Å². The molecule has 2 aromatic rings. The Balaban J connectivity index is 1.68. The molecule has 2 fully saturated rings. The van der Waals surface area contributed by atoms with Crippen LogP contribution in [0.5, 0.6) is 5.75 Å². The van der Waals surface area contributed by atoms with Crippen LogP contribution in [0.1, 0.15) is 12.6 Å². The van der Waals surface area contributed by atoms with Gasteiger partial charge >= 0.3 is 0 Å². The fourth-order valence-corrected chi connectivity index (χ4v) is 4.89. The minimum absolute atomic E-state index is 0.467. The molecule has 0 bridgehead atoms. The summed E-state index contributed by atoms with van der Waals surface area (Å²) in [5, 5.41) is 0. The Hall–Kier alpha value is -2.47. The van der Waals surface area contributed by atoms with Crippen LogP contribution < -0.4 is 15.4 Å². The SMILES string of the molecule is CCOc1c(CN2CCN(S(C)(=O)=O)CC2)nc(-c2ccc(N)cc2)nc1N1CCOCC1. The molecule has 0 atom stereocenters. The van der Waals surface area contributed by atoms with Gasteiger partial charge in [0.15, 0.2) is 17.4 Å². The summed E-state index contributed by atoms with van der Waals surface area (Å²) < 4.78 is 36.9. The van der Waals surface area contributed by atoms with E-state index in [0.717, 1.165) is 30.2 Å². The lowest BCUT2D eigenvalue weighted by Crippen LogP contribution is -2.48. The quantitative estimate of drug-likeness (QED) is 0.585. The molecule has 1 aromatic carbocycles. The number of benzene rings is 1. The highest BCUT2D eigenvalue weighted by Gasteiger charge is 2.27. The van der Waals surface area contributed by atoms with Crippen LogP contribution in [0.3, 0.4) is 0 Å². The summed E-state index contributed by atoms with van der Waals surface area (Å²) in [6, 6.07) is 7.52. The van der Waals surface area contributed by atoms with Crippen LogP contribution in [0.2, 0.25) is 0 Å². The minimum Gasteiger partial charge on any atom is -0.488 e. The monoisotopic (exact) mass is 476 g/mol. The first kappa shape index (κ1) is 23.7. The van der Waals surface area contributed by atoms with Gasteiger partial charge in [0.1, 0.15) is 5.69 Å². The van der Waals surface area contributed by atoms with Gasteiger partial charge in [-0.25, -0.2) is 18.4 Å². The summed E-state index contributed by atoms with van der Waals surface area (Å²) in [6.45, 7) is 7.92. The second-order valence-electron chi connectivity index (χ2n) is 8.24. The Kier molecular flexibility index (Phi) is 7.32. The second kappa shape index (κ2) is 10.2. The second-order valence-corrected chi connectivity index (χ2v) is 10.2. The molecule has 2 aliphatic heterocycles. The van der Waals surface area contributed by atoms with Crippen molar-refractivity contribution in [3.05, 3.63) is 30.0 Å². The maximum atomic E-state index is 11.9. The first-order valence-electron chi connectivity index (χ1n) is 11.2. The fourth-order valence-electron chi connectivity index (χ4n) is 4.06. The zero-order valence-corrected chi connectivity index (χ0v) is 20.1. The van der Waals surface area contributed by atoms with Gasteiger partial charge in [-0.1, -0.05) is 0 Å². The van der Waals surface area contributed by atoms with Crippen molar-refractivity contribution in [3.8, 4) is 17.1 Å². The van der Waals surface area contributed by atoms with Crippen molar-refractivity contribution >= 4 is 21.5 Å². The Morgan fingerprint density at radius 1 is 1.03 bits per heavy atom. The molecule has 2 aliphatic rings. The summed E-state index contributed by atoms with van der Waals surface area (Å²) in [4.78, 5) is 14.2. The highest BCUT2D eigenvalue weighted by Crippen LogP contribution is 2.34. The van der Waals surface area contributed by atoms with Crippen LogP contribution >= 0.6 is 0 Å². The smallest absolute Gasteiger partial charge is 0.211 e. The van der Waals surface area contributed by atoms with Gasteiger partial charge < -0.3 is 20.1 Å². The number of rotatable bonds is 7. The predicted octanol–water partition coefficient (Wildman–Crippen LogP) is 1.04. The Morgan fingerprint density at radius 2 is 1.70 bits per heavy atom. The van der Waals surface area contributed by atoms with Gasteiger partial charge in [-0.2, -0.15) is 4.31 Å². The molecule has 0 spiro atoms. The fraction of sp³-hybridized carbons (Fsp3) is 0.545. The van der Waals surface area contributed by atoms with E-state index in [9.17, 15) is 8.42 Å². The third-order valence-electron chi connectivity index (χ3n) is 5.86. The molecule has 180 valence electrons. The molecule has 4 rings (SSSR count). The van der Waals surface area contributed by atoms with E-state index in [4.69, 9.17) is 25.2 Å². The Bertz CT molecular complexity index is 1050. The molecule has 0 saturated carbocycles. The van der Waals surface area contributed by atoms with E-state index in [0.29, 0.717) is 69.8 Å². The molecule has 0 aliphatic carbocycles. The minimum atomic E-state index is -3.18. The topological polar surface area (TPSA) is 114 Å². The zero-order chi connectivity index (χ0) is 23.4. The molecule has 3 heterocycles.